The van der Waals surface area contributed by atoms with E-state index in [1.807, 2.05) is 86.7 Å². The van der Waals surface area contributed by atoms with Gasteiger partial charge in [0.05, 0.1) is 11.4 Å². The largest absolute Gasteiger partial charge is 0.453 e. The quantitative estimate of drug-likeness (QED) is 0.206. The minimum atomic E-state index is 0.486. The third kappa shape index (κ3) is 8.36. The molecule has 184 valence electrons. The molecule has 0 spiro atoms. The highest BCUT2D eigenvalue weighted by atomic mass is 32.2. The van der Waals surface area contributed by atoms with Gasteiger partial charge in [-0.3, -0.25) is 9.97 Å². The average Bonchev–Trinajstić information content (AvgIpc) is 2.91. The normalized spacial score (nSPS) is 11.3. The molecule has 0 saturated carbocycles. The molecule has 1 N–H and O–H groups in total. The van der Waals surface area contributed by atoms with Gasteiger partial charge in [-0.1, -0.05) is 62.4 Å². The first kappa shape index (κ1) is 26.6. The van der Waals surface area contributed by atoms with E-state index in [4.69, 9.17) is 9.73 Å². The molecule has 6 nitrogen and oxygen atoms in total. The van der Waals surface area contributed by atoms with E-state index >= 15 is 0 Å². The van der Waals surface area contributed by atoms with Crippen LogP contribution in [0.15, 0.2) is 112 Å². The van der Waals surface area contributed by atoms with Crippen LogP contribution in [0.3, 0.4) is 0 Å². The Bertz CT molecular complexity index is 1260. The van der Waals surface area contributed by atoms with Gasteiger partial charge in [0.15, 0.2) is 11.6 Å². The van der Waals surface area contributed by atoms with Crippen molar-refractivity contribution in [2.45, 2.75) is 43.9 Å². The Morgan fingerprint density at radius 1 is 0.944 bits per heavy atom. The molecule has 36 heavy (non-hydrogen) atoms. The Morgan fingerprint density at radius 2 is 1.67 bits per heavy atom. The molecule has 0 unspecified atom stereocenters. The summed E-state index contributed by atoms with van der Waals surface area (Å²) in [4.78, 5) is 19.8. The molecular weight excluding hydrogens is 466 g/mol. The van der Waals surface area contributed by atoms with E-state index in [0.29, 0.717) is 17.4 Å². The topological polar surface area (TPSA) is 72.3 Å². The number of aromatic nitrogens is 3. The van der Waals surface area contributed by atoms with Crippen molar-refractivity contribution < 1.29 is 4.74 Å². The van der Waals surface area contributed by atoms with Gasteiger partial charge in [-0.25, -0.2) is 9.98 Å². The monoisotopic (exact) mass is 497 g/mol. The summed E-state index contributed by atoms with van der Waals surface area (Å²) in [6.45, 7) is 8.09. The molecule has 3 heterocycles. The second-order valence-electron chi connectivity index (χ2n) is 7.64. The Labute approximate surface area is 217 Å². The van der Waals surface area contributed by atoms with E-state index in [1.54, 1.807) is 36.5 Å². The number of hydrogen-bond donors (Lipinski definition) is 1. The van der Waals surface area contributed by atoms with Gasteiger partial charge in [0, 0.05) is 40.6 Å². The van der Waals surface area contributed by atoms with Crippen LogP contribution in [-0.2, 0) is 0 Å². The molecule has 0 aliphatic heterocycles. The van der Waals surface area contributed by atoms with Crippen molar-refractivity contribution in [1.82, 2.24) is 20.3 Å². The summed E-state index contributed by atoms with van der Waals surface area (Å²) in [5, 5.41) is 3.32. The van der Waals surface area contributed by atoms with Crippen molar-refractivity contribution in [2.24, 2.45) is 4.99 Å². The number of ether oxygens (including phenoxy) is 1. The number of pyridine rings is 3. The third-order valence-electron chi connectivity index (χ3n) is 4.48. The van der Waals surface area contributed by atoms with Crippen LogP contribution in [-0.4, -0.2) is 20.8 Å². The van der Waals surface area contributed by atoms with Gasteiger partial charge in [-0.05, 0) is 50.2 Å². The fraction of sp³-hybridized carbons (Fsp3) is 0.172. The summed E-state index contributed by atoms with van der Waals surface area (Å²) in [7, 11) is 0. The number of amidine groups is 1. The Balaban J connectivity index is 0.00000115. The number of para-hydroxylation sites is 1. The van der Waals surface area contributed by atoms with Gasteiger partial charge in [0.1, 0.15) is 11.6 Å². The highest BCUT2D eigenvalue weighted by Crippen LogP contribution is 2.36. The summed E-state index contributed by atoms with van der Waals surface area (Å²) in [6.07, 6.45) is 10.3. The van der Waals surface area contributed by atoms with Crippen LogP contribution in [0.4, 0.5) is 5.82 Å². The van der Waals surface area contributed by atoms with Crippen molar-refractivity contribution in [3.63, 3.8) is 0 Å². The van der Waals surface area contributed by atoms with Crippen LogP contribution in [0, 0.1) is 0 Å². The molecule has 0 radical (unpaired) electrons. The minimum Gasteiger partial charge on any atom is -0.453 e. The third-order valence-corrected chi connectivity index (χ3v) is 5.45. The zero-order valence-electron chi connectivity index (χ0n) is 21.1. The fourth-order valence-electron chi connectivity index (χ4n) is 2.98. The lowest BCUT2D eigenvalue weighted by Crippen LogP contribution is -2.19. The zero-order valence-corrected chi connectivity index (χ0v) is 21.9. The summed E-state index contributed by atoms with van der Waals surface area (Å²) < 4.78 is 6.15. The zero-order chi connectivity index (χ0) is 25.6. The van der Waals surface area contributed by atoms with E-state index < -0.39 is 0 Å². The summed E-state index contributed by atoms with van der Waals surface area (Å²) in [5.41, 5.74) is 1.71. The molecule has 0 atom stereocenters. The number of aliphatic imine (C=N–C) groups is 1. The van der Waals surface area contributed by atoms with Crippen molar-refractivity contribution in [3.05, 3.63) is 103 Å². The average molecular weight is 498 g/mol. The first-order valence-electron chi connectivity index (χ1n) is 11.8. The van der Waals surface area contributed by atoms with E-state index in [-0.39, 0.29) is 0 Å². The highest BCUT2D eigenvalue weighted by molar-refractivity contribution is 7.99. The van der Waals surface area contributed by atoms with Crippen LogP contribution >= 0.6 is 11.8 Å². The van der Waals surface area contributed by atoms with E-state index in [2.05, 4.69) is 34.1 Å². The molecule has 3 aromatic heterocycles. The molecule has 0 bridgehead atoms. The summed E-state index contributed by atoms with van der Waals surface area (Å²) >= 11 is 1.59. The molecule has 0 saturated heterocycles. The number of rotatable bonds is 7. The molecule has 1 aromatic carbocycles. The number of benzene rings is 1. The molecule has 4 aromatic rings. The van der Waals surface area contributed by atoms with Gasteiger partial charge >= 0.3 is 0 Å². The van der Waals surface area contributed by atoms with Crippen molar-refractivity contribution in [1.29, 1.82) is 0 Å². The van der Waals surface area contributed by atoms with E-state index in [0.717, 1.165) is 26.9 Å². The first-order chi connectivity index (χ1) is 17.6. The number of allylic oxidation sites excluding steroid dienone is 1. The second kappa shape index (κ2) is 14.4. The lowest BCUT2D eigenvalue weighted by molar-refractivity contribution is 0.480. The number of nitrogens with zero attached hydrogens (tertiary/aromatic N) is 4. The molecule has 0 aliphatic rings. The standard InChI is InChI=1S/C26H23N5OS.C3H8/c1-3-23(24-11-7-8-14-28-24)30-19(2)31-26-25(32-20-9-5-4-6-10-20)17-22(18-29-26)33-21-12-15-27-16-13-21;1-3-2/h3-18H,1-2H3,(H,29,30,31);3H2,1-2H3/b23-3-;. The van der Waals surface area contributed by atoms with Crippen LogP contribution in [0.25, 0.3) is 5.70 Å². The first-order valence-corrected chi connectivity index (χ1v) is 12.6. The predicted octanol–water partition coefficient (Wildman–Crippen LogP) is 7.93. The van der Waals surface area contributed by atoms with Crippen LogP contribution in [0.5, 0.6) is 11.5 Å². The Morgan fingerprint density at radius 3 is 2.33 bits per heavy atom. The van der Waals surface area contributed by atoms with Gasteiger partial charge in [-0.2, -0.15) is 0 Å². The lowest BCUT2D eigenvalue weighted by atomic mass is 10.2. The van der Waals surface area contributed by atoms with Crippen LogP contribution in [0.1, 0.15) is 39.8 Å². The van der Waals surface area contributed by atoms with Gasteiger partial charge < -0.3 is 10.1 Å². The predicted molar refractivity (Wildman–Crippen MR) is 149 cm³/mol. The van der Waals surface area contributed by atoms with Crippen LogP contribution in [0.2, 0.25) is 0 Å². The SMILES string of the molecule is C/C=C(\N/C(C)=N/c1ncc(Sc2ccncc2)cc1Oc1ccccc1)c1ccccn1.CCC. The number of nitrogens with one attached hydrogen (secondary N) is 1. The molecule has 0 fully saturated rings. The Hall–Kier alpha value is -3.97. The molecule has 0 amide bonds. The van der Waals surface area contributed by atoms with Crippen LogP contribution < -0.4 is 10.1 Å². The van der Waals surface area contributed by atoms with Crippen molar-refractivity contribution in [3.8, 4) is 11.5 Å². The second-order valence-corrected chi connectivity index (χ2v) is 8.79. The van der Waals surface area contributed by atoms with Gasteiger partial charge in [0.25, 0.3) is 0 Å². The van der Waals surface area contributed by atoms with E-state index in [9.17, 15) is 0 Å². The van der Waals surface area contributed by atoms with Crippen molar-refractivity contribution >= 4 is 29.1 Å². The summed E-state index contributed by atoms with van der Waals surface area (Å²) in [5.74, 6) is 2.45. The van der Waals surface area contributed by atoms with Gasteiger partial charge in [-0.15, -0.1) is 0 Å². The summed E-state index contributed by atoms with van der Waals surface area (Å²) in [6, 6.07) is 21.3. The maximum Gasteiger partial charge on any atom is 0.197 e. The molecule has 0 aliphatic carbocycles. The highest BCUT2D eigenvalue weighted by Gasteiger charge is 2.11. The fourth-order valence-corrected chi connectivity index (χ4v) is 3.78. The minimum absolute atomic E-state index is 0.486. The number of hydrogen-bond acceptors (Lipinski definition) is 6. The Kier molecular flexibility index (Phi) is 10.7. The molecule has 7 heteroatoms. The maximum absolute atomic E-state index is 6.15. The molecule has 4 rings (SSSR count). The lowest BCUT2D eigenvalue weighted by Gasteiger charge is -2.12. The van der Waals surface area contributed by atoms with E-state index in [1.165, 1.54) is 6.42 Å². The maximum atomic E-state index is 6.15. The van der Waals surface area contributed by atoms with Gasteiger partial charge in [0.2, 0.25) is 0 Å². The van der Waals surface area contributed by atoms with Crippen molar-refractivity contribution in [2.75, 3.05) is 0 Å². The molecular formula is C29H31N5OS. The smallest absolute Gasteiger partial charge is 0.197 e.